The number of hydrogen-bond acceptors (Lipinski definition) is 3. The molecule has 2 heterocycles. The molecule has 0 fully saturated rings. The van der Waals surface area contributed by atoms with Gasteiger partial charge in [0, 0.05) is 18.9 Å². The molecule has 3 rings (SSSR count). The lowest BCUT2D eigenvalue weighted by atomic mass is 10.2. The minimum atomic E-state index is 0.803. The van der Waals surface area contributed by atoms with Crippen molar-refractivity contribution in [2.24, 2.45) is 0 Å². The lowest BCUT2D eigenvalue weighted by Crippen LogP contribution is -2.18. The summed E-state index contributed by atoms with van der Waals surface area (Å²) in [5.74, 6) is 0.998. The number of hydrogen-bond donors (Lipinski definition) is 1. The molecule has 0 atom stereocenters. The van der Waals surface area contributed by atoms with Gasteiger partial charge in [-0.25, -0.2) is 4.98 Å². The van der Waals surface area contributed by atoms with E-state index in [0.717, 1.165) is 29.9 Å². The number of H-pyrrole nitrogens is 1. The highest BCUT2D eigenvalue weighted by molar-refractivity contribution is 5.74. The summed E-state index contributed by atoms with van der Waals surface area (Å²) in [6, 6.07) is 12.2. The molecule has 3 aromatic rings. The number of aromatic nitrogens is 3. The van der Waals surface area contributed by atoms with Gasteiger partial charge in [-0.3, -0.25) is 9.88 Å². The van der Waals surface area contributed by atoms with E-state index in [1.54, 1.807) is 0 Å². The van der Waals surface area contributed by atoms with Crippen molar-refractivity contribution in [3.8, 4) is 0 Å². The summed E-state index contributed by atoms with van der Waals surface area (Å²) in [6.45, 7) is 1.69. The zero-order valence-corrected chi connectivity index (χ0v) is 10.9. The van der Waals surface area contributed by atoms with Gasteiger partial charge in [0.2, 0.25) is 0 Å². The number of aromatic amines is 1. The first-order valence-corrected chi connectivity index (χ1v) is 6.32. The van der Waals surface area contributed by atoms with Crippen LogP contribution in [0.5, 0.6) is 0 Å². The Hall–Kier alpha value is -2.20. The van der Waals surface area contributed by atoms with E-state index >= 15 is 0 Å². The summed E-state index contributed by atoms with van der Waals surface area (Å²) in [6.07, 6.45) is 3.65. The first-order chi connectivity index (χ1) is 9.31. The molecule has 1 N–H and O–H groups in total. The predicted octanol–water partition coefficient (Wildman–Crippen LogP) is 2.59. The first kappa shape index (κ1) is 11.9. The van der Waals surface area contributed by atoms with Gasteiger partial charge in [-0.2, -0.15) is 0 Å². The maximum absolute atomic E-state index is 4.58. The molecular formula is C15H16N4. The molecule has 0 amide bonds. The Morgan fingerprint density at radius 3 is 2.63 bits per heavy atom. The molecule has 4 heteroatoms. The smallest absolute Gasteiger partial charge is 0.121 e. The third-order valence-corrected chi connectivity index (χ3v) is 3.06. The van der Waals surface area contributed by atoms with E-state index in [0.29, 0.717) is 0 Å². The van der Waals surface area contributed by atoms with E-state index in [1.165, 1.54) is 5.56 Å². The summed E-state index contributed by atoms with van der Waals surface area (Å²) in [7, 11) is 2.09. The van der Waals surface area contributed by atoms with Crippen LogP contribution in [-0.4, -0.2) is 26.9 Å². The third kappa shape index (κ3) is 2.80. The molecule has 0 unspecified atom stereocenters. The second-order valence-electron chi connectivity index (χ2n) is 4.73. The van der Waals surface area contributed by atoms with Crippen molar-refractivity contribution >= 4 is 11.0 Å². The Balaban J connectivity index is 1.70. The average Bonchev–Trinajstić information content (AvgIpc) is 2.81. The van der Waals surface area contributed by atoms with Gasteiger partial charge >= 0.3 is 0 Å². The van der Waals surface area contributed by atoms with Gasteiger partial charge in [0.15, 0.2) is 0 Å². The fraction of sp³-hybridized carbons (Fsp3) is 0.200. The second-order valence-corrected chi connectivity index (χ2v) is 4.73. The van der Waals surface area contributed by atoms with Crippen LogP contribution in [0.4, 0.5) is 0 Å². The van der Waals surface area contributed by atoms with Crippen molar-refractivity contribution in [1.82, 2.24) is 19.9 Å². The fourth-order valence-corrected chi connectivity index (χ4v) is 2.19. The van der Waals surface area contributed by atoms with E-state index in [-0.39, 0.29) is 0 Å². The monoisotopic (exact) mass is 252 g/mol. The molecule has 1 aromatic carbocycles. The minimum absolute atomic E-state index is 0.803. The average molecular weight is 252 g/mol. The van der Waals surface area contributed by atoms with Gasteiger partial charge in [-0.1, -0.05) is 12.1 Å². The van der Waals surface area contributed by atoms with E-state index in [1.807, 2.05) is 42.7 Å². The number of imidazole rings is 1. The van der Waals surface area contributed by atoms with E-state index < -0.39 is 0 Å². The Morgan fingerprint density at radius 1 is 1.05 bits per heavy atom. The van der Waals surface area contributed by atoms with Crippen LogP contribution in [0.2, 0.25) is 0 Å². The highest BCUT2D eigenvalue weighted by atomic mass is 15.1. The van der Waals surface area contributed by atoms with E-state index in [4.69, 9.17) is 0 Å². The van der Waals surface area contributed by atoms with Crippen LogP contribution in [0.1, 0.15) is 11.4 Å². The van der Waals surface area contributed by atoms with Crippen molar-refractivity contribution in [3.63, 3.8) is 0 Å². The summed E-state index contributed by atoms with van der Waals surface area (Å²) in [5.41, 5.74) is 3.37. The Bertz CT molecular complexity index is 627. The summed E-state index contributed by atoms with van der Waals surface area (Å²) < 4.78 is 0. The van der Waals surface area contributed by atoms with Crippen LogP contribution < -0.4 is 0 Å². The molecular weight excluding hydrogens is 236 g/mol. The van der Waals surface area contributed by atoms with Crippen LogP contribution >= 0.6 is 0 Å². The molecule has 0 spiro atoms. The minimum Gasteiger partial charge on any atom is -0.341 e. The van der Waals surface area contributed by atoms with Crippen LogP contribution in [-0.2, 0) is 13.1 Å². The lowest BCUT2D eigenvalue weighted by Gasteiger charge is -2.14. The Kier molecular flexibility index (Phi) is 3.25. The molecule has 96 valence electrons. The van der Waals surface area contributed by atoms with Crippen molar-refractivity contribution in [2.75, 3.05) is 7.05 Å². The number of para-hydroxylation sites is 2. The van der Waals surface area contributed by atoms with Crippen LogP contribution in [0.15, 0.2) is 48.8 Å². The molecule has 0 bridgehead atoms. The summed E-state index contributed by atoms with van der Waals surface area (Å²) in [5, 5.41) is 0. The van der Waals surface area contributed by atoms with Gasteiger partial charge in [-0.15, -0.1) is 0 Å². The summed E-state index contributed by atoms with van der Waals surface area (Å²) in [4.78, 5) is 14.2. The highest BCUT2D eigenvalue weighted by Gasteiger charge is 2.06. The van der Waals surface area contributed by atoms with E-state index in [2.05, 4.69) is 33.0 Å². The van der Waals surface area contributed by atoms with E-state index in [9.17, 15) is 0 Å². The number of nitrogens with one attached hydrogen (secondary N) is 1. The number of pyridine rings is 1. The fourth-order valence-electron chi connectivity index (χ4n) is 2.19. The van der Waals surface area contributed by atoms with Gasteiger partial charge in [0.25, 0.3) is 0 Å². The van der Waals surface area contributed by atoms with Crippen LogP contribution in [0.3, 0.4) is 0 Å². The number of fused-ring (bicyclic) bond motifs is 1. The quantitative estimate of drug-likeness (QED) is 0.776. The maximum atomic E-state index is 4.58. The second kappa shape index (κ2) is 5.20. The molecule has 0 saturated heterocycles. The third-order valence-electron chi connectivity index (χ3n) is 3.06. The standard InChI is InChI=1S/C15H16N4/c1-19(10-12-6-8-16-9-7-12)11-15-17-13-4-2-3-5-14(13)18-15/h2-9H,10-11H2,1H3,(H,17,18). The van der Waals surface area contributed by atoms with Gasteiger partial charge in [0.1, 0.15) is 5.82 Å². The molecule has 2 aromatic heterocycles. The highest BCUT2D eigenvalue weighted by Crippen LogP contribution is 2.12. The van der Waals surface area contributed by atoms with Gasteiger partial charge < -0.3 is 4.98 Å². The number of rotatable bonds is 4. The number of benzene rings is 1. The Morgan fingerprint density at radius 2 is 1.84 bits per heavy atom. The lowest BCUT2D eigenvalue weighted by molar-refractivity contribution is 0.312. The van der Waals surface area contributed by atoms with Crippen LogP contribution in [0.25, 0.3) is 11.0 Å². The van der Waals surface area contributed by atoms with Crippen molar-refractivity contribution < 1.29 is 0 Å². The van der Waals surface area contributed by atoms with Gasteiger partial charge in [0.05, 0.1) is 17.6 Å². The topological polar surface area (TPSA) is 44.8 Å². The molecule has 19 heavy (non-hydrogen) atoms. The summed E-state index contributed by atoms with van der Waals surface area (Å²) >= 11 is 0. The largest absolute Gasteiger partial charge is 0.341 e. The normalized spacial score (nSPS) is 11.3. The Labute approximate surface area is 112 Å². The molecule has 0 aliphatic heterocycles. The molecule has 0 radical (unpaired) electrons. The van der Waals surface area contributed by atoms with Gasteiger partial charge in [-0.05, 0) is 36.9 Å². The molecule has 0 aliphatic rings. The van der Waals surface area contributed by atoms with Crippen LogP contribution in [0, 0.1) is 0 Å². The molecule has 0 saturated carbocycles. The molecule has 0 aliphatic carbocycles. The zero-order chi connectivity index (χ0) is 13.1. The van der Waals surface area contributed by atoms with Crippen molar-refractivity contribution in [2.45, 2.75) is 13.1 Å². The number of nitrogens with zero attached hydrogens (tertiary/aromatic N) is 3. The predicted molar refractivity (Wildman–Crippen MR) is 75.5 cm³/mol. The first-order valence-electron chi connectivity index (χ1n) is 6.32. The molecule has 4 nitrogen and oxygen atoms in total. The SMILES string of the molecule is CN(Cc1ccncc1)Cc1nc2ccccc2[nH]1. The van der Waals surface area contributed by atoms with Crippen molar-refractivity contribution in [1.29, 1.82) is 0 Å². The van der Waals surface area contributed by atoms with Crippen molar-refractivity contribution in [3.05, 3.63) is 60.2 Å². The maximum Gasteiger partial charge on any atom is 0.121 e. The zero-order valence-electron chi connectivity index (χ0n) is 10.9.